The van der Waals surface area contributed by atoms with Crippen LogP contribution in [0.5, 0.6) is 0 Å². The third-order valence-corrected chi connectivity index (χ3v) is 4.67. The van der Waals surface area contributed by atoms with E-state index in [9.17, 15) is 9.18 Å². The number of benzene rings is 1. The van der Waals surface area contributed by atoms with E-state index in [1.165, 1.54) is 37.8 Å². The Morgan fingerprint density at radius 2 is 1.95 bits per heavy atom. The van der Waals surface area contributed by atoms with Crippen molar-refractivity contribution < 1.29 is 9.18 Å². The molecule has 0 saturated heterocycles. The van der Waals surface area contributed by atoms with Gasteiger partial charge in [-0.2, -0.15) is 0 Å². The first-order chi connectivity index (χ1) is 9.60. The Kier molecular flexibility index (Phi) is 5.33. The molecule has 0 spiro atoms. The molecule has 2 heteroatoms. The summed E-state index contributed by atoms with van der Waals surface area (Å²) < 4.78 is 13.1. The summed E-state index contributed by atoms with van der Waals surface area (Å²) in [6.07, 6.45) is 7.51. The third-order valence-electron chi connectivity index (χ3n) is 4.67. The highest BCUT2D eigenvalue weighted by atomic mass is 19.1. The van der Waals surface area contributed by atoms with Crippen LogP contribution in [0.1, 0.15) is 56.6 Å². The molecule has 1 fully saturated rings. The second kappa shape index (κ2) is 7.01. The molecule has 0 N–H and O–H groups in total. The molecule has 0 aliphatic heterocycles. The number of aryl methyl sites for hydroxylation is 1. The number of hydrogen-bond acceptors (Lipinski definition) is 1. The van der Waals surface area contributed by atoms with Gasteiger partial charge in [-0.25, -0.2) is 4.39 Å². The fourth-order valence-electron chi connectivity index (χ4n) is 3.37. The lowest BCUT2D eigenvalue weighted by Crippen LogP contribution is -2.23. The van der Waals surface area contributed by atoms with E-state index in [-0.39, 0.29) is 11.7 Å². The van der Waals surface area contributed by atoms with Crippen molar-refractivity contribution in [3.63, 3.8) is 0 Å². The summed E-state index contributed by atoms with van der Waals surface area (Å²) in [4.78, 5) is 12.4. The van der Waals surface area contributed by atoms with Gasteiger partial charge in [0, 0.05) is 12.3 Å². The third kappa shape index (κ3) is 3.91. The summed E-state index contributed by atoms with van der Waals surface area (Å²) in [7, 11) is 0. The highest BCUT2D eigenvalue weighted by Gasteiger charge is 2.25. The number of carbonyl (C=O) groups is 1. The van der Waals surface area contributed by atoms with E-state index in [1.807, 2.05) is 6.92 Å². The van der Waals surface area contributed by atoms with Crippen molar-refractivity contribution in [2.24, 2.45) is 11.8 Å². The maximum Gasteiger partial charge on any atom is 0.140 e. The second-order valence-electron chi connectivity index (χ2n) is 6.22. The van der Waals surface area contributed by atoms with Crippen LogP contribution in [0.25, 0.3) is 0 Å². The maximum absolute atomic E-state index is 13.1. The van der Waals surface area contributed by atoms with Gasteiger partial charge in [0.2, 0.25) is 0 Å². The lowest BCUT2D eigenvalue weighted by Gasteiger charge is -2.27. The van der Waals surface area contributed by atoms with Gasteiger partial charge in [0.05, 0.1) is 0 Å². The molecule has 0 bridgehead atoms. The highest BCUT2D eigenvalue weighted by Crippen LogP contribution is 2.32. The largest absolute Gasteiger partial charge is 0.299 e. The summed E-state index contributed by atoms with van der Waals surface area (Å²) in [5.41, 5.74) is 1.87. The Morgan fingerprint density at radius 3 is 2.55 bits per heavy atom. The van der Waals surface area contributed by atoms with Gasteiger partial charge in [-0.3, -0.25) is 4.79 Å². The molecular formula is C18H25FO. The Bertz CT molecular complexity index is 458. The van der Waals surface area contributed by atoms with Crippen LogP contribution in [-0.2, 0) is 11.2 Å². The standard InChI is InChI=1S/C18H25FO/c1-3-4-14-5-7-15(8-6-14)18(20)12-16-9-10-17(19)11-13(16)2/h9-11,14-15H,3-8,12H2,1-2H3. The van der Waals surface area contributed by atoms with Crippen LogP contribution in [-0.4, -0.2) is 5.78 Å². The molecule has 0 aromatic heterocycles. The quantitative estimate of drug-likeness (QED) is 0.751. The minimum Gasteiger partial charge on any atom is -0.299 e. The lowest BCUT2D eigenvalue weighted by atomic mass is 9.77. The number of Topliss-reactive ketones (excluding diaryl/α,β-unsaturated/α-hetero) is 1. The number of halogens is 1. The van der Waals surface area contributed by atoms with E-state index in [4.69, 9.17) is 0 Å². The van der Waals surface area contributed by atoms with Gasteiger partial charge in [-0.15, -0.1) is 0 Å². The number of rotatable bonds is 5. The molecule has 1 aromatic rings. The number of ketones is 1. The van der Waals surface area contributed by atoms with E-state index in [0.717, 1.165) is 29.9 Å². The SMILES string of the molecule is CCCC1CCC(C(=O)Cc2ccc(F)cc2C)CC1. The average Bonchev–Trinajstić information content (AvgIpc) is 2.43. The fraction of sp³-hybridized carbons (Fsp3) is 0.611. The van der Waals surface area contributed by atoms with Gasteiger partial charge >= 0.3 is 0 Å². The van der Waals surface area contributed by atoms with E-state index < -0.39 is 0 Å². The zero-order chi connectivity index (χ0) is 14.5. The normalized spacial score (nSPS) is 22.8. The maximum atomic E-state index is 13.1. The van der Waals surface area contributed by atoms with Crippen LogP contribution >= 0.6 is 0 Å². The van der Waals surface area contributed by atoms with Gasteiger partial charge in [-0.1, -0.05) is 25.8 Å². The molecule has 20 heavy (non-hydrogen) atoms. The first-order valence-electron chi connectivity index (χ1n) is 7.88. The van der Waals surface area contributed by atoms with Crippen LogP contribution < -0.4 is 0 Å². The van der Waals surface area contributed by atoms with Crippen molar-refractivity contribution in [1.82, 2.24) is 0 Å². The Labute approximate surface area is 121 Å². The van der Waals surface area contributed by atoms with Gasteiger partial charge in [0.15, 0.2) is 0 Å². The van der Waals surface area contributed by atoms with Crippen molar-refractivity contribution in [2.75, 3.05) is 0 Å². The Balaban J connectivity index is 1.89. The summed E-state index contributed by atoms with van der Waals surface area (Å²) in [5.74, 6) is 1.18. The molecule has 1 nitrogen and oxygen atoms in total. The van der Waals surface area contributed by atoms with Gasteiger partial charge in [0.25, 0.3) is 0 Å². The smallest absolute Gasteiger partial charge is 0.140 e. The molecule has 1 aromatic carbocycles. The molecule has 2 rings (SSSR count). The molecule has 0 atom stereocenters. The van der Waals surface area contributed by atoms with Crippen LogP contribution in [0.4, 0.5) is 4.39 Å². The van der Waals surface area contributed by atoms with Gasteiger partial charge in [0.1, 0.15) is 11.6 Å². The van der Waals surface area contributed by atoms with E-state index in [0.29, 0.717) is 12.2 Å². The molecule has 110 valence electrons. The van der Waals surface area contributed by atoms with Gasteiger partial charge < -0.3 is 0 Å². The van der Waals surface area contributed by atoms with Gasteiger partial charge in [-0.05, 0) is 61.8 Å². The van der Waals surface area contributed by atoms with Crippen molar-refractivity contribution in [3.05, 3.63) is 35.1 Å². The Hall–Kier alpha value is -1.18. The molecule has 0 radical (unpaired) electrons. The minimum atomic E-state index is -0.223. The monoisotopic (exact) mass is 276 g/mol. The fourth-order valence-corrected chi connectivity index (χ4v) is 3.37. The van der Waals surface area contributed by atoms with Crippen molar-refractivity contribution >= 4 is 5.78 Å². The highest BCUT2D eigenvalue weighted by molar-refractivity contribution is 5.83. The molecule has 0 amide bonds. The molecule has 1 aliphatic rings. The lowest BCUT2D eigenvalue weighted by molar-refractivity contribution is -0.123. The molecule has 0 unspecified atom stereocenters. The first kappa shape index (κ1) is 15.2. The molecule has 1 aliphatic carbocycles. The molecule has 1 saturated carbocycles. The van der Waals surface area contributed by atoms with Crippen LogP contribution in [0.15, 0.2) is 18.2 Å². The van der Waals surface area contributed by atoms with Crippen LogP contribution in [0.2, 0.25) is 0 Å². The summed E-state index contributed by atoms with van der Waals surface area (Å²) in [6.45, 7) is 4.11. The molecule has 0 heterocycles. The summed E-state index contributed by atoms with van der Waals surface area (Å²) in [6, 6.07) is 4.72. The zero-order valence-electron chi connectivity index (χ0n) is 12.6. The predicted molar refractivity (Wildman–Crippen MR) is 80.2 cm³/mol. The van der Waals surface area contributed by atoms with Crippen LogP contribution in [0.3, 0.4) is 0 Å². The average molecular weight is 276 g/mol. The number of carbonyl (C=O) groups excluding carboxylic acids is 1. The summed E-state index contributed by atoms with van der Waals surface area (Å²) >= 11 is 0. The second-order valence-corrected chi connectivity index (χ2v) is 6.22. The van der Waals surface area contributed by atoms with Crippen molar-refractivity contribution in [3.8, 4) is 0 Å². The van der Waals surface area contributed by atoms with E-state index >= 15 is 0 Å². The van der Waals surface area contributed by atoms with Crippen molar-refractivity contribution in [1.29, 1.82) is 0 Å². The predicted octanol–water partition coefficient (Wildman–Crippen LogP) is 4.85. The topological polar surface area (TPSA) is 17.1 Å². The Morgan fingerprint density at radius 1 is 1.25 bits per heavy atom. The van der Waals surface area contributed by atoms with E-state index in [1.54, 1.807) is 6.07 Å². The zero-order valence-corrected chi connectivity index (χ0v) is 12.6. The molecular weight excluding hydrogens is 251 g/mol. The minimum absolute atomic E-state index is 0.223. The number of hydrogen-bond donors (Lipinski definition) is 0. The van der Waals surface area contributed by atoms with E-state index in [2.05, 4.69) is 6.92 Å². The van der Waals surface area contributed by atoms with Crippen molar-refractivity contribution in [2.45, 2.75) is 58.8 Å². The summed E-state index contributed by atoms with van der Waals surface area (Å²) in [5, 5.41) is 0. The first-order valence-corrected chi connectivity index (χ1v) is 7.88. The van der Waals surface area contributed by atoms with Crippen LogP contribution in [0, 0.1) is 24.6 Å².